The number of aromatic nitrogens is 6. The van der Waals surface area contributed by atoms with E-state index < -0.39 is 5.82 Å². The Hall–Kier alpha value is -3.66. The van der Waals surface area contributed by atoms with E-state index in [4.69, 9.17) is 9.72 Å². The van der Waals surface area contributed by atoms with Gasteiger partial charge in [0.1, 0.15) is 17.4 Å². The molecule has 1 aromatic carbocycles. The van der Waals surface area contributed by atoms with Crippen molar-refractivity contribution in [2.24, 2.45) is 7.05 Å². The molecule has 3 aromatic heterocycles. The van der Waals surface area contributed by atoms with Gasteiger partial charge < -0.3 is 9.64 Å². The molecule has 9 nitrogen and oxygen atoms in total. The van der Waals surface area contributed by atoms with Crippen LogP contribution in [0.5, 0.6) is 0 Å². The molecule has 4 heterocycles. The lowest BCUT2D eigenvalue weighted by Gasteiger charge is -2.36. The zero-order valence-corrected chi connectivity index (χ0v) is 19.8. The average molecular weight is 476 g/mol. The molecule has 1 saturated carbocycles. The Bertz CT molecular complexity index is 1490. The third kappa shape index (κ3) is 3.97. The number of benzene rings is 1. The van der Waals surface area contributed by atoms with Crippen molar-refractivity contribution in [3.05, 3.63) is 64.1 Å². The Morgan fingerprint density at radius 3 is 2.71 bits per heavy atom. The lowest BCUT2D eigenvalue weighted by molar-refractivity contribution is -0.0178. The first-order chi connectivity index (χ1) is 16.9. The van der Waals surface area contributed by atoms with Crippen molar-refractivity contribution in [3.63, 3.8) is 0 Å². The zero-order valence-electron chi connectivity index (χ0n) is 19.8. The number of fused-ring (bicyclic) bond motifs is 1. The van der Waals surface area contributed by atoms with Crippen LogP contribution in [0.3, 0.4) is 0 Å². The van der Waals surface area contributed by atoms with Gasteiger partial charge in [0.2, 0.25) is 5.95 Å². The third-order valence-corrected chi connectivity index (χ3v) is 6.63. The van der Waals surface area contributed by atoms with Gasteiger partial charge in [-0.05, 0) is 44.4 Å². The summed E-state index contributed by atoms with van der Waals surface area (Å²) in [5, 5.41) is 9.05. The number of nitrogens with zero attached hydrogens (tertiary/aromatic N) is 7. The zero-order chi connectivity index (χ0) is 24.3. The molecule has 1 saturated heterocycles. The van der Waals surface area contributed by atoms with E-state index in [9.17, 15) is 4.79 Å². The number of aryl methyl sites for hydroxylation is 2. The monoisotopic (exact) mass is 475 g/mol. The standard InChI is InChI=1S/C25H26FN7O2/c1-14-4-7-18(20(26)8-14)22-19-10-27-31(3)24(34)23(19)30-25(29-22)32-11-15(2)35-21(13-32)16-9-28-33(12-16)17-5-6-17/h4,7-10,12,15,17,21H,5-6,11,13H2,1-3H3/t15-,21-/m0/s1. The van der Waals surface area contributed by atoms with E-state index in [1.807, 2.05) is 41.9 Å². The maximum Gasteiger partial charge on any atom is 0.293 e. The van der Waals surface area contributed by atoms with Gasteiger partial charge in [0.25, 0.3) is 5.56 Å². The predicted molar refractivity (Wildman–Crippen MR) is 129 cm³/mol. The van der Waals surface area contributed by atoms with Crippen molar-refractivity contribution >= 4 is 16.9 Å². The van der Waals surface area contributed by atoms with Crippen LogP contribution in [0.2, 0.25) is 0 Å². The Morgan fingerprint density at radius 1 is 1.11 bits per heavy atom. The SMILES string of the molecule is Cc1ccc(-c2nc(N3C[C@@H](c4cnn(C5CC5)c4)O[C@@H](C)C3)nc3c(=O)n(C)ncc23)c(F)c1. The van der Waals surface area contributed by atoms with E-state index in [-0.39, 0.29) is 23.3 Å². The fourth-order valence-electron chi connectivity index (χ4n) is 4.61. The van der Waals surface area contributed by atoms with Gasteiger partial charge in [0, 0.05) is 30.9 Å². The molecule has 180 valence electrons. The number of ether oxygens (including phenoxy) is 1. The summed E-state index contributed by atoms with van der Waals surface area (Å²) < 4.78 is 24.5. The van der Waals surface area contributed by atoms with Gasteiger partial charge >= 0.3 is 0 Å². The molecule has 0 N–H and O–H groups in total. The summed E-state index contributed by atoms with van der Waals surface area (Å²) in [5.41, 5.74) is 2.31. The second kappa shape index (κ2) is 8.23. The van der Waals surface area contributed by atoms with Crippen LogP contribution in [-0.4, -0.2) is 48.7 Å². The summed E-state index contributed by atoms with van der Waals surface area (Å²) in [6.07, 6.45) is 7.42. The molecule has 0 amide bonds. The van der Waals surface area contributed by atoms with E-state index in [0.717, 1.165) is 24.0 Å². The van der Waals surface area contributed by atoms with E-state index in [1.54, 1.807) is 13.1 Å². The van der Waals surface area contributed by atoms with E-state index >= 15 is 4.39 Å². The van der Waals surface area contributed by atoms with E-state index in [0.29, 0.717) is 41.7 Å². The molecule has 0 unspecified atom stereocenters. The van der Waals surface area contributed by atoms with Crippen LogP contribution in [-0.2, 0) is 11.8 Å². The lowest BCUT2D eigenvalue weighted by Crippen LogP contribution is -2.43. The van der Waals surface area contributed by atoms with Gasteiger partial charge in [-0.15, -0.1) is 0 Å². The van der Waals surface area contributed by atoms with Crippen LogP contribution >= 0.6 is 0 Å². The summed E-state index contributed by atoms with van der Waals surface area (Å²) in [5.74, 6) is -0.0390. The van der Waals surface area contributed by atoms with E-state index in [2.05, 4.69) is 15.2 Å². The smallest absolute Gasteiger partial charge is 0.293 e. The molecule has 35 heavy (non-hydrogen) atoms. The highest BCUT2D eigenvalue weighted by atomic mass is 19.1. The summed E-state index contributed by atoms with van der Waals surface area (Å²) >= 11 is 0. The van der Waals surface area contributed by atoms with Gasteiger partial charge in [-0.2, -0.15) is 10.2 Å². The molecule has 2 atom stereocenters. The molecule has 6 rings (SSSR count). The van der Waals surface area contributed by atoms with Crippen molar-refractivity contribution in [2.45, 2.75) is 44.9 Å². The molecule has 0 bridgehead atoms. The van der Waals surface area contributed by atoms with Crippen molar-refractivity contribution in [1.82, 2.24) is 29.5 Å². The van der Waals surface area contributed by atoms with Crippen LogP contribution < -0.4 is 10.5 Å². The number of morpholine rings is 1. The Labute approximate surface area is 201 Å². The highest BCUT2D eigenvalue weighted by Crippen LogP contribution is 2.36. The molecule has 4 aromatic rings. The van der Waals surface area contributed by atoms with Gasteiger partial charge in [-0.25, -0.2) is 19.0 Å². The molecule has 0 radical (unpaired) electrons. The van der Waals surface area contributed by atoms with Crippen molar-refractivity contribution in [3.8, 4) is 11.3 Å². The molecule has 0 spiro atoms. The first-order valence-electron chi connectivity index (χ1n) is 11.8. The van der Waals surface area contributed by atoms with Gasteiger partial charge in [0.05, 0.1) is 42.2 Å². The predicted octanol–water partition coefficient (Wildman–Crippen LogP) is 3.34. The third-order valence-electron chi connectivity index (χ3n) is 6.63. The van der Waals surface area contributed by atoms with Crippen molar-refractivity contribution in [2.75, 3.05) is 18.0 Å². The largest absolute Gasteiger partial charge is 0.367 e. The van der Waals surface area contributed by atoms with Gasteiger partial charge in [0.15, 0.2) is 0 Å². The molecule has 1 aliphatic carbocycles. The lowest BCUT2D eigenvalue weighted by atomic mass is 10.1. The normalized spacial score (nSPS) is 20.5. The molecule has 10 heteroatoms. The molecule has 2 fully saturated rings. The number of anilines is 1. The number of halogens is 1. The summed E-state index contributed by atoms with van der Waals surface area (Å²) in [6.45, 7) is 4.86. The highest BCUT2D eigenvalue weighted by Gasteiger charge is 2.31. The number of hydrogen-bond acceptors (Lipinski definition) is 7. The molecular weight excluding hydrogens is 449 g/mol. The minimum Gasteiger partial charge on any atom is -0.367 e. The number of rotatable bonds is 4. The minimum absolute atomic E-state index is 0.0999. The van der Waals surface area contributed by atoms with Crippen molar-refractivity contribution in [1.29, 1.82) is 0 Å². The first kappa shape index (κ1) is 21.8. The van der Waals surface area contributed by atoms with Crippen molar-refractivity contribution < 1.29 is 9.13 Å². The second-order valence-electron chi connectivity index (χ2n) is 9.52. The maximum absolute atomic E-state index is 15.0. The van der Waals surface area contributed by atoms with Crippen LogP contribution in [0.1, 0.15) is 43.0 Å². The Balaban J connectivity index is 1.45. The highest BCUT2D eigenvalue weighted by molar-refractivity contribution is 5.92. The molecule has 1 aliphatic heterocycles. The summed E-state index contributed by atoms with van der Waals surface area (Å²) in [6, 6.07) is 5.46. The minimum atomic E-state index is -0.405. The van der Waals surface area contributed by atoms with Crippen LogP contribution in [0.25, 0.3) is 22.2 Å². The fourth-order valence-corrected chi connectivity index (χ4v) is 4.61. The fraction of sp³-hybridized carbons (Fsp3) is 0.400. The molecule has 2 aliphatic rings. The second-order valence-corrected chi connectivity index (χ2v) is 9.52. The van der Waals surface area contributed by atoms with Crippen LogP contribution in [0.15, 0.2) is 41.6 Å². The Morgan fingerprint density at radius 2 is 1.94 bits per heavy atom. The average Bonchev–Trinajstić information content (AvgIpc) is 3.57. The van der Waals surface area contributed by atoms with E-state index in [1.165, 1.54) is 16.9 Å². The topological polar surface area (TPSA) is 91.0 Å². The quantitative estimate of drug-likeness (QED) is 0.447. The van der Waals surface area contributed by atoms with Gasteiger partial charge in [-0.3, -0.25) is 9.48 Å². The van der Waals surface area contributed by atoms with Gasteiger partial charge in [-0.1, -0.05) is 6.07 Å². The van der Waals surface area contributed by atoms with Crippen LogP contribution in [0.4, 0.5) is 10.3 Å². The number of hydrogen-bond donors (Lipinski definition) is 0. The Kier molecular flexibility index (Phi) is 5.14. The first-order valence-corrected chi connectivity index (χ1v) is 11.8. The van der Waals surface area contributed by atoms with Crippen LogP contribution in [0, 0.1) is 12.7 Å². The maximum atomic E-state index is 15.0. The molecular formula is C25H26FN7O2. The summed E-state index contributed by atoms with van der Waals surface area (Å²) in [7, 11) is 1.57. The summed E-state index contributed by atoms with van der Waals surface area (Å²) in [4.78, 5) is 24.4.